The third-order valence-corrected chi connectivity index (χ3v) is 3.44. The minimum absolute atomic E-state index is 0.256. The average molecular weight is 280 g/mol. The van der Waals surface area contributed by atoms with Gasteiger partial charge in [0.15, 0.2) is 0 Å². The summed E-state index contributed by atoms with van der Waals surface area (Å²) in [5, 5.41) is 3.54. The fourth-order valence-corrected chi connectivity index (χ4v) is 2.29. The highest BCUT2D eigenvalue weighted by atomic mass is 16.5. The van der Waals surface area contributed by atoms with Crippen molar-refractivity contribution >= 4 is 5.69 Å². The number of hydrogen-bond donors (Lipinski definition) is 1. The molecule has 1 aromatic carbocycles. The van der Waals surface area contributed by atoms with E-state index in [1.807, 2.05) is 12.1 Å². The number of benzene rings is 1. The van der Waals surface area contributed by atoms with Gasteiger partial charge in [-0.15, -0.1) is 0 Å². The summed E-state index contributed by atoms with van der Waals surface area (Å²) in [6.07, 6.45) is 1.12. The molecule has 0 bridgehead atoms. The van der Waals surface area contributed by atoms with Crippen molar-refractivity contribution in [3.63, 3.8) is 0 Å². The third kappa shape index (κ3) is 4.39. The summed E-state index contributed by atoms with van der Waals surface area (Å²) < 4.78 is 10.7. The molecule has 0 spiro atoms. The number of likely N-dealkylation sites (N-methyl/N-ethyl adjacent to an activating group) is 1. The zero-order chi connectivity index (χ0) is 15.0. The molecule has 0 fully saturated rings. The van der Waals surface area contributed by atoms with Crippen LogP contribution in [0.1, 0.15) is 31.9 Å². The molecule has 1 aromatic rings. The van der Waals surface area contributed by atoms with Gasteiger partial charge in [-0.25, -0.2) is 0 Å². The smallest absolute Gasteiger partial charge is 0.125 e. The van der Waals surface area contributed by atoms with Crippen molar-refractivity contribution in [2.75, 3.05) is 45.9 Å². The van der Waals surface area contributed by atoms with Crippen LogP contribution in [-0.4, -0.2) is 41.0 Å². The Morgan fingerprint density at radius 2 is 2.05 bits per heavy atom. The summed E-state index contributed by atoms with van der Waals surface area (Å²) in [6.45, 7) is 6.93. The van der Waals surface area contributed by atoms with Crippen molar-refractivity contribution in [3.05, 3.63) is 23.8 Å². The SMILES string of the molecule is CCCNC(C)c1c(OC)cccc1N(C)CCOC. The molecule has 0 saturated carbocycles. The maximum atomic E-state index is 5.54. The Morgan fingerprint density at radius 3 is 2.65 bits per heavy atom. The molecular weight excluding hydrogens is 252 g/mol. The van der Waals surface area contributed by atoms with Gasteiger partial charge in [0.25, 0.3) is 0 Å². The number of ether oxygens (including phenoxy) is 2. The van der Waals surface area contributed by atoms with Crippen LogP contribution in [0, 0.1) is 0 Å². The van der Waals surface area contributed by atoms with Crippen LogP contribution in [0.25, 0.3) is 0 Å². The van der Waals surface area contributed by atoms with E-state index in [-0.39, 0.29) is 6.04 Å². The van der Waals surface area contributed by atoms with Gasteiger partial charge >= 0.3 is 0 Å². The minimum atomic E-state index is 0.256. The number of methoxy groups -OCH3 is 2. The lowest BCUT2D eigenvalue weighted by molar-refractivity contribution is 0.206. The van der Waals surface area contributed by atoms with Crippen molar-refractivity contribution in [1.82, 2.24) is 5.32 Å². The first-order valence-electron chi connectivity index (χ1n) is 7.26. The normalized spacial score (nSPS) is 12.2. The van der Waals surface area contributed by atoms with Crippen LogP contribution in [-0.2, 0) is 4.74 Å². The number of nitrogens with one attached hydrogen (secondary N) is 1. The van der Waals surface area contributed by atoms with E-state index in [1.54, 1.807) is 14.2 Å². The van der Waals surface area contributed by atoms with E-state index in [4.69, 9.17) is 9.47 Å². The molecule has 0 amide bonds. The first kappa shape index (κ1) is 16.8. The van der Waals surface area contributed by atoms with Crippen molar-refractivity contribution in [1.29, 1.82) is 0 Å². The molecule has 1 unspecified atom stereocenters. The second-order valence-electron chi connectivity index (χ2n) is 4.98. The summed E-state index contributed by atoms with van der Waals surface area (Å²) in [6, 6.07) is 6.45. The van der Waals surface area contributed by atoms with Gasteiger partial charge in [-0.2, -0.15) is 0 Å². The van der Waals surface area contributed by atoms with Crippen LogP contribution >= 0.6 is 0 Å². The fourth-order valence-electron chi connectivity index (χ4n) is 2.29. The maximum Gasteiger partial charge on any atom is 0.125 e. The summed E-state index contributed by atoms with van der Waals surface area (Å²) >= 11 is 0. The topological polar surface area (TPSA) is 33.7 Å². The highest BCUT2D eigenvalue weighted by Crippen LogP contribution is 2.34. The lowest BCUT2D eigenvalue weighted by Gasteiger charge is -2.27. The van der Waals surface area contributed by atoms with E-state index in [1.165, 1.54) is 11.3 Å². The summed E-state index contributed by atoms with van der Waals surface area (Å²) in [5.74, 6) is 0.933. The zero-order valence-electron chi connectivity index (χ0n) is 13.4. The number of nitrogens with zero attached hydrogens (tertiary/aromatic N) is 1. The van der Waals surface area contributed by atoms with Crippen molar-refractivity contribution in [3.8, 4) is 5.75 Å². The van der Waals surface area contributed by atoms with E-state index in [9.17, 15) is 0 Å². The molecule has 4 heteroatoms. The average Bonchev–Trinajstić information content (AvgIpc) is 2.49. The largest absolute Gasteiger partial charge is 0.496 e. The second-order valence-corrected chi connectivity index (χ2v) is 4.98. The van der Waals surface area contributed by atoms with Crippen LogP contribution in [0.2, 0.25) is 0 Å². The summed E-state index contributed by atoms with van der Waals surface area (Å²) in [5.41, 5.74) is 2.40. The van der Waals surface area contributed by atoms with E-state index < -0.39 is 0 Å². The van der Waals surface area contributed by atoms with Crippen LogP contribution in [0.4, 0.5) is 5.69 Å². The molecule has 0 aliphatic heterocycles. The first-order valence-corrected chi connectivity index (χ1v) is 7.26. The van der Waals surface area contributed by atoms with Crippen LogP contribution < -0.4 is 15.0 Å². The van der Waals surface area contributed by atoms with Gasteiger partial charge in [0.1, 0.15) is 5.75 Å². The quantitative estimate of drug-likeness (QED) is 0.754. The molecule has 20 heavy (non-hydrogen) atoms. The van der Waals surface area contributed by atoms with Gasteiger partial charge < -0.3 is 19.7 Å². The Balaban J connectivity index is 3.03. The third-order valence-electron chi connectivity index (χ3n) is 3.44. The predicted octanol–water partition coefficient (Wildman–Crippen LogP) is 2.84. The van der Waals surface area contributed by atoms with Gasteiger partial charge in [0.05, 0.1) is 13.7 Å². The highest BCUT2D eigenvalue weighted by molar-refractivity contribution is 5.60. The molecule has 0 radical (unpaired) electrons. The van der Waals surface area contributed by atoms with Gasteiger partial charge in [-0.05, 0) is 32.0 Å². The summed E-state index contributed by atoms with van der Waals surface area (Å²) in [7, 11) is 5.54. The maximum absolute atomic E-state index is 5.54. The van der Waals surface area contributed by atoms with Gasteiger partial charge in [-0.3, -0.25) is 0 Å². The lowest BCUT2D eigenvalue weighted by atomic mass is 10.0. The number of rotatable bonds is 9. The molecule has 0 saturated heterocycles. The van der Waals surface area contributed by atoms with Crippen LogP contribution in [0.3, 0.4) is 0 Å². The standard InChI is InChI=1S/C16H28N2O2/c1-6-10-17-13(2)16-14(18(3)11-12-19-4)8-7-9-15(16)20-5/h7-9,13,17H,6,10-12H2,1-5H3. The molecule has 1 atom stereocenters. The van der Waals surface area contributed by atoms with E-state index in [0.717, 1.165) is 25.3 Å². The fraction of sp³-hybridized carbons (Fsp3) is 0.625. The van der Waals surface area contributed by atoms with Gasteiger partial charge in [0.2, 0.25) is 0 Å². The Bertz CT molecular complexity index is 396. The van der Waals surface area contributed by atoms with Crippen LogP contribution in [0.15, 0.2) is 18.2 Å². The molecule has 4 nitrogen and oxygen atoms in total. The Morgan fingerprint density at radius 1 is 1.30 bits per heavy atom. The van der Waals surface area contributed by atoms with Gasteiger partial charge in [0, 0.05) is 38.0 Å². The van der Waals surface area contributed by atoms with Crippen molar-refractivity contribution in [2.24, 2.45) is 0 Å². The van der Waals surface area contributed by atoms with Gasteiger partial charge in [-0.1, -0.05) is 13.0 Å². The number of hydrogen-bond acceptors (Lipinski definition) is 4. The highest BCUT2D eigenvalue weighted by Gasteiger charge is 2.17. The molecule has 0 aliphatic rings. The molecule has 0 aliphatic carbocycles. The summed E-state index contributed by atoms with van der Waals surface area (Å²) in [4.78, 5) is 2.21. The van der Waals surface area contributed by atoms with E-state index in [0.29, 0.717) is 6.61 Å². The Hall–Kier alpha value is -1.26. The molecule has 114 valence electrons. The molecule has 0 heterocycles. The lowest BCUT2D eigenvalue weighted by Crippen LogP contribution is -2.27. The molecule has 0 aromatic heterocycles. The molecular formula is C16H28N2O2. The van der Waals surface area contributed by atoms with Crippen LogP contribution in [0.5, 0.6) is 5.75 Å². The van der Waals surface area contributed by atoms with E-state index in [2.05, 4.69) is 37.2 Å². The minimum Gasteiger partial charge on any atom is -0.496 e. The first-order chi connectivity index (χ1) is 9.65. The second kappa shape index (κ2) is 8.82. The van der Waals surface area contributed by atoms with Crippen molar-refractivity contribution < 1.29 is 9.47 Å². The zero-order valence-corrected chi connectivity index (χ0v) is 13.4. The predicted molar refractivity (Wildman–Crippen MR) is 84.8 cm³/mol. The number of anilines is 1. The monoisotopic (exact) mass is 280 g/mol. The Kier molecular flexibility index (Phi) is 7.41. The Labute approximate surface area is 123 Å². The van der Waals surface area contributed by atoms with Crippen molar-refractivity contribution in [2.45, 2.75) is 26.3 Å². The molecule has 1 rings (SSSR count). The molecule has 1 N–H and O–H groups in total. The van der Waals surface area contributed by atoms with E-state index >= 15 is 0 Å².